The Morgan fingerprint density at radius 2 is 2.00 bits per heavy atom. The number of carbonyl (C=O) groups is 2. The van der Waals surface area contributed by atoms with Gasteiger partial charge < -0.3 is 10.1 Å². The molecule has 1 atom stereocenters. The number of anilines is 1. The van der Waals surface area contributed by atoms with Crippen LogP contribution in [0.2, 0.25) is 9.36 Å². The number of nitro benzene ring substituents is 1. The molecule has 1 amide bonds. The van der Waals surface area contributed by atoms with Gasteiger partial charge in [0, 0.05) is 12.1 Å². The van der Waals surface area contributed by atoms with E-state index >= 15 is 0 Å². The Labute approximate surface area is 150 Å². The number of hydrogen-bond acceptors (Lipinski definition) is 6. The van der Waals surface area contributed by atoms with Crippen molar-refractivity contribution in [3.63, 3.8) is 0 Å². The number of benzene rings is 1. The number of non-ortho nitro benzene ring substituents is 1. The molecule has 0 fully saturated rings. The molecule has 0 radical (unpaired) electrons. The lowest BCUT2D eigenvalue weighted by molar-refractivity contribution is -0.384. The second-order valence-corrected chi connectivity index (χ2v) is 6.68. The molecule has 0 spiro atoms. The van der Waals surface area contributed by atoms with E-state index < -0.39 is 22.9 Å². The van der Waals surface area contributed by atoms with Crippen molar-refractivity contribution in [3.05, 3.63) is 54.7 Å². The molecule has 126 valence electrons. The highest BCUT2D eigenvalue weighted by atomic mass is 35.5. The average molecular weight is 389 g/mol. The molecular formula is C14H10Cl2N2O5S. The van der Waals surface area contributed by atoms with Gasteiger partial charge in [0.2, 0.25) is 0 Å². The number of nitro groups is 1. The highest BCUT2D eigenvalue weighted by Gasteiger charge is 2.21. The van der Waals surface area contributed by atoms with Crippen LogP contribution in [0.25, 0.3) is 0 Å². The third kappa shape index (κ3) is 4.44. The van der Waals surface area contributed by atoms with E-state index in [1.165, 1.54) is 25.1 Å². The lowest BCUT2D eigenvalue weighted by Crippen LogP contribution is -2.29. The minimum atomic E-state index is -1.09. The standard InChI is InChI=1S/C14H10Cl2N2O5S/c1-7(23-14(20)11-4-5-12(16)24-11)13(19)17-10-3-2-8(18(21)22)6-9(10)15/h2-7H,1H3,(H,17,19)/t7-/m1/s1. The number of nitrogens with one attached hydrogen (secondary N) is 1. The fourth-order valence-electron chi connectivity index (χ4n) is 1.65. The summed E-state index contributed by atoms with van der Waals surface area (Å²) in [5.74, 6) is -1.30. The van der Waals surface area contributed by atoms with Gasteiger partial charge in [-0.25, -0.2) is 4.79 Å². The van der Waals surface area contributed by atoms with Crippen molar-refractivity contribution in [2.24, 2.45) is 0 Å². The van der Waals surface area contributed by atoms with E-state index in [1.807, 2.05) is 0 Å². The molecule has 0 bridgehead atoms. The summed E-state index contributed by atoms with van der Waals surface area (Å²) in [5.41, 5.74) is -0.0265. The fraction of sp³-hybridized carbons (Fsp3) is 0.143. The number of esters is 1. The number of halogens is 2. The minimum absolute atomic E-state index is 0.00103. The number of amides is 1. The maximum Gasteiger partial charge on any atom is 0.349 e. The van der Waals surface area contributed by atoms with E-state index in [1.54, 1.807) is 6.07 Å². The quantitative estimate of drug-likeness (QED) is 0.471. The second-order valence-electron chi connectivity index (χ2n) is 4.56. The van der Waals surface area contributed by atoms with Crippen LogP contribution in [0.15, 0.2) is 30.3 Å². The van der Waals surface area contributed by atoms with Gasteiger partial charge in [-0.05, 0) is 25.1 Å². The van der Waals surface area contributed by atoms with Gasteiger partial charge in [-0.1, -0.05) is 23.2 Å². The van der Waals surface area contributed by atoms with Gasteiger partial charge in [0.15, 0.2) is 6.10 Å². The average Bonchev–Trinajstić information content (AvgIpc) is 2.95. The summed E-state index contributed by atoms with van der Waals surface area (Å²) in [7, 11) is 0. The summed E-state index contributed by atoms with van der Waals surface area (Å²) in [6, 6.07) is 6.65. The monoisotopic (exact) mass is 388 g/mol. The van der Waals surface area contributed by atoms with Crippen molar-refractivity contribution in [3.8, 4) is 0 Å². The summed E-state index contributed by atoms with van der Waals surface area (Å²) >= 11 is 12.7. The lowest BCUT2D eigenvalue weighted by atomic mass is 10.2. The van der Waals surface area contributed by atoms with Gasteiger partial charge in [-0.2, -0.15) is 0 Å². The van der Waals surface area contributed by atoms with Gasteiger partial charge >= 0.3 is 5.97 Å². The zero-order chi connectivity index (χ0) is 17.9. The molecule has 7 nitrogen and oxygen atoms in total. The first-order valence-corrected chi connectivity index (χ1v) is 8.06. The summed E-state index contributed by atoms with van der Waals surface area (Å²) in [6.07, 6.45) is -1.09. The zero-order valence-corrected chi connectivity index (χ0v) is 14.4. The molecule has 0 unspecified atom stereocenters. The molecule has 0 saturated heterocycles. The number of nitrogens with zero attached hydrogens (tertiary/aromatic N) is 1. The minimum Gasteiger partial charge on any atom is -0.448 e. The number of hydrogen-bond donors (Lipinski definition) is 1. The maximum atomic E-state index is 12.1. The van der Waals surface area contributed by atoms with E-state index in [0.29, 0.717) is 4.34 Å². The van der Waals surface area contributed by atoms with Crippen molar-refractivity contribution in [2.75, 3.05) is 5.32 Å². The van der Waals surface area contributed by atoms with Gasteiger partial charge in [-0.15, -0.1) is 11.3 Å². The van der Waals surface area contributed by atoms with Crippen molar-refractivity contribution >= 4 is 57.8 Å². The summed E-state index contributed by atoms with van der Waals surface area (Å²) in [4.78, 5) is 34.2. The number of rotatable bonds is 5. The van der Waals surface area contributed by atoms with Crippen LogP contribution in [-0.2, 0) is 9.53 Å². The number of carbonyl (C=O) groups excluding carboxylic acids is 2. The largest absolute Gasteiger partial charge is 0.448 e. The van der Waals surface area contributed by atoms with Crippen molar-refractivity contribution in [1.29, 1.82) is 0 Å². The van der Waals surface area contributed by atoms with Gasteiger partial charge in [0.25, 0.3) is 11.6 Å². The van der Waals surface area contributed by atoms with Gasteiger partial charge in [0.05, 0.1) is 20.0 Å². The third-order valence-electron chi connectivity index (χ3n) is 2.85. The van der Waals surface area contributed by atoms with Gasteiger partial charge in [-0.3, -0.25) is 14.9 Å². The Hall–Kier alpha value is -2.16. The Balaban J connectivity index is 2.01. The smallest absolute Gasteiger partial charge is 0.349 e. The maximum absolute atomic E-state index is 12.1. The predicted molar refractivity (Wildman–Crippen MR) is 90.9 cm³/mol. The third-order valence-corrected chi connectivity index (χ3v) is 4.37. The Bertz CT molecular complexity index is 808. The number of ether oxygens (including phenoxy) is 1. The van der Waals surface area contributed by atoms with Gasteiger partial charge in [0.1, 0.15) is 4.88 Å². The molecule has 1 aromatic heterocycles. The van der Waals surface area contributed by atoms with E-state index in [0.717, 1.165) is 17.4 Å². The Morgan fingerprint density at radius 3 is 2.54 bits per heavy atom. The highest BCUT2D eigenvalue weighted by molar-refractivity contribution is 7.17. The summed E-state index contributed by atoms with van der Waals surface area (Å²) in [6.45, 7) is 1.39. The topological polar surface area (TPSA) is 98.5 Å². The molecule has 0 aliphatic heterocycles. The molecule has 0 saturated carbocycles. The number of thiophene rings is 1. The van der Waals surface area contributed by atoms with Crippen LogP contribution in [0.1, 0.15) is 16.6 Å². The van der Waals surface area contributed by atoms with E-state index in [2.05, 4.69) is 5.32 Å². The molecule has 2 aromatic rings. The van der Waals surface area contributed by atoms with E-state index in [9.17, 15) is 19.7 Å². The Morgan fingerprint density at radius 1 is 1.29 bits per heavy atom. The van der Waals surface area contributed by atoms with Crippen LogP contribution in [-0.4, -0.2) is 22.9 Å². The van der Waals surface area contributed by atoms with Crippen LogP contribution in [0, 0.1) is 10.1 Å². The van der Waals surface area contributed by atoms with Crippen LogP contribution in [0.4, 0.5) is 11.4 Å². The molecule has 1 heterocycles. The van der Waals surface area contributed by atoms with E-state index in [-0.39, 0.29) is 21.3 Å². The summed E-state index contributed by atoms with van der Waals surface area (Å²) in [5, 5.41) is 13.1. The normalized spacial score (nSPS) is 11.6. The zero-order valence-electron chi connectivity index (χ0n) is 12.1. The first kappa shape index (κ1) is 18.2. The first-order chi connectivity index (χ1) is 11.3. The highest BCUT2D eigenvalue weighted by Crippen LogP contribution is 2.27. The van der Waals surface area contributed by atoms with Crippen molar-refractivity contribution in [1.82, 2.24) is 0 Å². The van der Waals surface area contributed by atoms with Crippen molar-refractivity contribution in [2.45, 2.75) is 13.0 Å². The molecule has 1 N–H and O–H groups in total. The lowest BCUT2D eigenvalue weighted by Gasteiger charge is -2.13. The fourth-order valence-corrected chi connectivity index (χ4v) is 2.80. The van der Waals surface area contributed by atoms with Crippen LogP contribution < -0.4 is 5.32 Å². The predicted octanol–water partition coefficient (Wildman–Crippen LogP) is 4.15. The van der Waals surface area contributed by atoms with Crippen LogP contribution in [0.5, 0.6) is 0 Å². The second kappa shape index (κ2) is 7.61. The first-order valence-electron chi connectivity index (χ1n) is 6.49. The molecular weight excluding hydrogens is 379 g/mol. The van der Waals surface area contributed by atoms with Crippen LogP contribution >= 0.6 is 34.5 Å². The molecule has 1 aromatic carbocycles. The molecule has 10 heteroatoms. The van der Waals surface area contributed by atoms with Crippen molar-refractivity contribution < 1.29 is 19.2 Å². The molecule has 2 rings (SSSR count). The summed E-state index contributed by atoms with van der Waals surface area (Å²) < 4.78 is 5.46. The molecule has 0 aliphatic carbocycles. The Kier molecular flexibility index (Phi) is 5.76. The van der Waals surface area contributed by atoms with E-state index in [4.69, 9.17) is 27.9 Å². The van der Waals surface area contributed by atoms with Crippen LogP contribution in [0.3, 0.4) is 0 Å². The molecule has 0 aliphatic rings. The SMILES string of the molecule is C[C@@H](OC(=O)c1ccc(Cl)s1)C(=O)Nc1ccc([N+](=O)[O-])cc1Cl. The molecule has 24 heavy (non-hydrogen) atoms.